The van der Waals surface area contributed by atoms with E-state index in [1.165, 1.54) is 13.0 Å². The number of hydrogen-bond acceptors (Lipinski definition) is 5. The number of aromatic carboxylic acids is 1. The molecule has 0 aliphatic carbocycles. The van der Waals surface area contributed by atoms with Crippen molar-refractivity contribution in [2.45, 2.75) is 23.0 Å². The second kappa shape index (κ2) is 6.19. The first-order valence-corrected chi connectivity index (χ1v) is 8.01. The highest BCUT2D eigenvalue weighted by atomic mass is 32.2. The number of aryl methyl sites for hydroxylation is 1. The second-order valence-corrected chi connectivity index (χ2v) is 7.02. The van der Waals surface area contributed by atoms with Crippen LogP contribution in [0, 0.1) is 6.92 Å². The van der Waals surface area contributed by atoms with Gasteiger partial charge in [0.05, 0.1) is 21.7 Å². The molecule has 0 fully saturated rings. The third-order valence-electron chi connectivity index (χ3n) is 3.11. The maximum absolute atomic E-state index is 13.2. The Morgan fingerprint density at radius 3 is 2.46 bits per heavy atom. The van der Waals surface area contributed by atoms with Crippen LogP contribution in [0.25, 0.3) is 0 Å². The van der Waals surface area contributed by atoms with E-state index >= 15 is 0 Å². The minimum absolute atomic E-state index is 0.262. The van der Waals surface area contributed by atoms with Crippen molar-refractivity contribution >= 4 is 15.7 Å². The van der Waals surface area contributed by atoms with Gasteiger partial charge in [-0.25, -0.2) is 13.4 Å². The Morgan fingerprint density at radius 2 is 1.92 bits per heavy atom. The molecule has 10 heteroatoms. The summed E-state index contributed by atoms with van der Waals surface area (Å²) in [6.07, 6.45) is -4.64. The number of carboxylic acid groups (broad SMARTS) is 1. The molecule has 0 aliphatic heterocycles. The molecule has 0 saturated carbocycles. The van der Waals surface area contributed by atoms with E-state index in [9.17, 15) is 27.3 Å². The molecule has 6 nitrogen and oxygen atoms in total. The molecule has 0 spiro atoms. The predicted molar refractivity (Wildman–Crippen MR) is 78.2 cm³/mol. The summed E-state index contributed by atoms with van der Waals surface area (Å²) in [6.45, 7) is 1.48. The molecule has 0 bridgehead atoms. The summed E-state index contributed by atoms with van der Waals surface area (Å²) in [6, 6.07) is 4.88. The van der Waals surface area contributed by atoms with Crippen LogP contribution in [-0.4, -0.2) is 32.5 Å². The molecule has 0 amide bonds. The molecule has 0 aliphatic rings. The smallest absolute Gasteiger partial charge is 0.416 e. The fourth-order valence-corrected chi connectivity index (χ4v) is 3.74. The number of halogens is 3. The second-order valence-electron chi connectivity index (χ2n) is 4.74. The Morgan fingerprint density at radius 1 is 1.25 bits per heavy atom. The van der Waals surface area contributed by atoms with Gasteiger partial charge in [-0.1, -0.05) is 6.07 Å². The van der Waals surface area contributed by atoms with Gasteiger partial charge in [0, 0.05) is 7.05 Å². The van der Waals surface area contributed by atoms with Crippen LogP contribution in [-0.2, 0) is 15.9 Å². The minimum Gasteiger partial charge on any atom is -0.478 e. The number of carbonyl (C=O) groups is 1. The van der Waals surface area contributed by atoms with Gasteiger partial charge in [-0.3, -0.25) is 0 Å². The van der Waals surface area contributed by atoms with Gasteiger partial charge in [0.15, 0.2) is 5.03 Å². The van der Waals surface area contributed by atoms with E-state index in [-0.39, 0.29) is 10.6 Å². The topological polar surface area (TPSA) is 92.5 Å². The van der Waals surface area contributed by atoms with Gasteiger partial charge in [0.25, 0.3) is 0 Å². The highest BCUT2D eigenvalue weighted by Crippen LogP contribution is 2.32. The molecule has 2 aromatic rings. The summed E-state index contributed by atoms with van der Waals surface area (Å²) < 4.78 is 55.5. The minimum atomic E-state index is -4.64. The zero-order chi connectivity index (χ0) is 18.1. The van der Waals surface area contributed by atoms with Gasteiger partial charge in [-0.05, 0) is 31.2 Å². The van der Waals surface area contributed by atoms with Crippen LogP contribution in [0.15, 0.2) is 44.6 Å². The van der Waals surface area contributed by atoms with Crippen molar-refractivity contribution in [1.82, 2.24) is 10.2 Å². The quantitative estimate of drug-likeness (QED) is 0.909. The van der Waals surface area contributed by atoms with Crippen LogP contribution in [0.2, 0.25) is 0 Å². The van der Waals surface area contributed by atoms with Crippen molar-refractivity contribution in [2.75, 3.05) is 7.05 Å². The first kappa shape index (κ1) is 17.9. The van der Waals surface area contributed by atoms with E-state index in [2.05, 4.69) is 14.6 Å². The molecule has 1 N–H and O–H groups in total. The Kier molecular flexibility index (Phi) is 4.61. The van der Waals surface area contributed by atoms with Crippen LogP contribution in [0.3, 0.4) is 0 Å². The molecule has 0 radical (unpaired) electrons. The Labute approximate surface area is 135 Å². The third kappa shape index (κ3) is 3.23. The Balaban J connectivity index is 2.77. The molecule has 128 valence electrons. The van der Waals surface area contributed by atoms with E-state index in [1.807, 2.05) is 0 Å². The van der Waals surface area contributed by atoms with Crippen LogP contribution in [0.4, 0.5) is 13.2 Å². The van der Waals surface area contributed by atoms with Crippen molar-refractivity contribution in [1.29, 1.82) is 0 Å². The lowest BCUT2D eigenvalue weighted by molar-refractivity contribution is -0.137. The summed E-state index contributed by atoms with van der Waals surface area (Å²) in [5.74, 6) is -1.42. The van der Waals surface area contributed by atoms with E-state index in [1.54, 1.807) is 0 Å². The molecule has 0 unspecified atom stereocenters. The van der Waals surface area contributed by atoms with Crippen LogP contribution >= 0.6 is 0 Å². The lowest BCUT2D eigenvalue weighted by atomic mass is 10.2. The molecular weight excluding hydrogens is 347 g/mol. The van der Waals surface area contributed by atoms with Crippen LogP contribution in [0.1, 0.15) is 21.6 Å². The average molecular weight is 359 g/mol. The molecule has 1 aromatic carbocycles. The molecule has 1 atom stereocenters. The molecule has 24 heavy (non-hydrogen) atoms. The molecule has 2 rings (SSSR count). The van der Waals surface area contributed by atoms with Crippen LogP contribution < -0.4 is 0 Å². The lowest BCUT2D eigenvalue weighted by Crippen LogP contribution is -2.14. The number of carboxylic acids is 1. The van der Waals surface area contributed by atoms with Crippen molar-refractivity contribution in [2.24, 2.45) is 4.36 Å². The highest BCUT2D eigenvalue weighted by Gasteiger charge is 2.32. The van der Waals surface area contributed by atoms with Crippen molar-refractivity contribution < 1.29 is 27.3 Å². The van der Waals surface area contributed by atoms with E-state index in [0.717, 1.165) is 25.2 Å². The number of nitrogens with zero attached hydrogens (tertiary/aromatic N) is 3. The van der Waals surface area contributed by atoms with Crippen molar-refractivity contribution in [3.63, 3.8) is 0 Å². The SMILES string of the molecule is CN=[S@](=O)(c1cccc(C(F)(F)F)c1)c1nnc(C)cc1C(=O)O. The maximum atomic E-state index is 13.2. The first-order chi connectivity index (χ1) is 11.1. The lowest BCUT2D eigenvalue weighted by Gasteiger charge is -2.13. The van der Waals surface area contributed by atoms with Crippen LogP contribution in [0.5, 0.6) is 0 Å². The summed E-state index contributed by atoms with van der Waals surface area (Å²) >= 11 is 0. The van der Waals surface area contributed by atoms with E-state index in [0.29, 0.717) is 6.07 Å². The summed E-state index contributed by atoms with van der Waals surface area (Å²) in [4.78, 5) is 11.1. The Bertz CT molecular complexity index is 919. The maximum Gasteiger partial charge on any atom is 0.416 e. The number of alkyl halides is 3. The molecular formula is C14H12F3N3O3S. The van der Waals surface area contributed by atoms with Gasteiger partial charge >= 0.3 is 12.1 Å². The van der Waals surface area contributed by atoms with E-state index < -0.39 is 38.0 Å². The van der Waals surface area contributed by atoms with Gasteiger partial charge in [0.1, 0.15) is 9.73 Å². The number of rotatable bonds is 3. The predicted octanol–water partition coefficient (Wildman–Crippen LogP) is 3.02. The molecule has 1 aromatic heterocycles. The fourth-order valence-electron chi connectivity index (χ4n) is 1.98. The zero-order valence-electron chi connectivity index (χ0n) is 12.5. The average Bonchev–Trinajstić information content (AvgIpc) is 2.53. The van der Waals surface area contributed by atoms with Crippen molar-refractivity contribution in [3.05, 3.63) is 47.2 Å². The standard InChI is InChI=1S/C14H12F3N3O3S/c1-8-6-11(13(21)22)12(20-19-8)24(23,18-2)10-5-3-4-9(7-10)14(15,16)17/h3-7H,1-2H3,(H,21,22)/t24-/m0/s1. The summed E-state index contributed by atoms with van der Waals surface area (Å²) in [5.41, 5.74) is -1.18. The monoisotopic (exact) mass is 359 g/mol. The molecule has 1 heterocycles. The largest absolute Gasteiger partial charge is 0.478 e. The summed E-state index contributed by atoms with van der Waals surface area (Å²) in [5, 5.41) is 16.1. The first-order valence-electron chi connectivity index (χ1n) is 6.50. The number of aromatic nitrogens is 2. The van der Waals surface area contributed by atoms with Gasteiger partial charge in [-0.2, -0.15) is 18.3 Å². The number of hydrogen-bond donors (Lipinski definition) is 1. The van der Waals surface area contributed by atoms with Gasteiger partial charge in [-0.15, -0.1) is 5.10 Å². The van der Waals surface area contributed by atoms with Gasteiger partial charge < -0.3 is 5.11 Å². The Hall–Kier alpha value is -2.49. The normalized spacial score (nSPS) is 14.0. The summed E-state index contributed by atoms with van der Waals surface area (Å²) in [7, 11) is -2.57. The fraction of sp³-hybridized carbons (Fsp3) is 0.214. The van der Waals surface area contributed by atoms with E-state index in [4.69, 9.17) is 0 Å². The number of benzene rings is 1. The molecule has 0 saturated heterocycles. The van der Waals surface area contributed by atoms with Gasteiger partial charge in [0.2, 0.25) is 0 Å². The third-order valence-corrected chi connectivity index (χ3v) is 5.35. The van der Waals surface area contributed by atoms with Crippen molar-refractivity contribution in [3.8, 4) is 0 Å². The zero-order valence-corrected chi connectivity index (χ0v) is 13.4. The highest BCUT2D eigenvalue weighted by molar-refractivity contribution is 7.93.